The van der Waals surface area contributed by atoms with E-state index >= 15 is 0 Å². The van der Waals surface area contributed by atoms with E-state index < -0.39 is 10.1 Å². The van der Waals surface area contributed by atoms with Gasteiger partial charge in [-0.3, -0.25) is 4.55 Å². The number of rotatable bonds is 8. The van der Waals surface area contributed by atoms with E-state index in [1.807, 2.05) is 0 Å². The SMILES string of the molecule is C[C@H](CCCNCCS(=O)(=O)O)[C@H]1CC[C@H]2[C@@H]3CC[C@@H]4C[C@H](O)CC[C@]4(C)[C@H]3CC[C@]12C. The molecule has 32 heavy (non-hydrogen) atoms. The fraction of sp³-hybridized carbons (Fsp3) is 1.00. The van der Waals surface area contributed by atoms with Crippen LogP contribution in [0, 0.1) is 46.3 Å². The van der Waals surface area contributed by atoms with E-state index in [2.05, 4.69) is 26.1 Å². The first-order valence-corrected chi connectivity index (χ1v) is 15.0. The van der Waals surface area contributed by atoms with Gasteiger partial charge in [0.15, 0.2) is 0 Å². The fourth-order valence-corrected chi connectivity index (χ4v) is 9.69. The summed E-state index contributed by atoms with van der Waals surface area (Å²) in [6.45, 7) is 8.79. The molecule has 0 bridgehead atoms. The second-order valence-corrected chi connectivity index (χ2v) is 14.0. The summed E-state index contributed by atoms with van der Waals surface area (Å²) in [6, 6.07) is 0. The van der Waals surface area contributed by atoms with Crippen molar-refractivity contribution >= 4 is 10.1 Å². The predicted octanol–water partition coefficient (Wildman–Crippen LogP) is 4.90. The number of nitrogens with one attached hydrogen (secondary N) is 1. The van der Waals surface area contributed by atoms with Crippen molar-refractivity contribution < 1.29 is 18.1 Å². The molecule has 3 N–H and O–H groups in total. The highest BCUT2D eigenvalue weighted by Crippen LogP contribution is 2.68. The Morgan fingerprint density at radius 1 is 0.969 bits per heavy atom. The Balaban J connectivity index is 1.32. The van der Waals surface area contributed by atoms with Gasteiger partial charge in [0, 0.05) is 6.54 Å². The van der Waals surface area contributed by atoms with E-state index in [9.17, 15) is 13.5 Å². The third kappa shape index (κ3) is 4.81. The molecule has 0 aromatic rings. The molecule has 0 heterocycles. The van der Waals surface area contributed by atoms with E-state index in [-0.39, 0.29) is 11.9 Å². The summed E-state index contributed by atoms with van der Waals surface area (Å²) < 4.78 is 30.5. The zero-order chi connectivity index (χ0) is 23.1. The minimum Gasteiger partial charge on any atom is -0.393 e. The Kier molecular flexibility index (Phi) is 7.38. The van der Waals surface area contributed by atoms with Crippen LogP contribution >= 0.6 is 0 Å². The van der Waals surface area contributed by atoms with Crippen LogP contribution in [0.1, 0.15) is 91.4 Å². The van der Waals surface area contributed by atoms with E-state index in [1.54, 1.807) is 0 Å². The molecule has 4 rings (SSSR count). The van der Waals surface area contributed by atoms with Gasteiger partial charge in [-0.05, 0) is 124 Å². The first kappa shape index (κ1) is 24.9. The van der Waals surface area contributed by atoms with Gasteiger partial charge in [0.1, 0.15) is 0 Å². The van der Waals surface area contributed by atoms with Crippen molar-refractivity contribution in [2.75, 3.05) is 18.8 Å². The Bertz CT molecular complexity index is 757. The van der Waals surface area contributed by atoms with Crippen molar-refractivity contribution in [3.8, 4) is 0 Å². The average molecular weight is 470 g/mol. The summed E-state index contributed by atoms with van der Waals surface area (Å²) in [6.07, 6.45) is 13.8. The van der Waals surface area contributed by atoms with Crippen LogP contribution < -0.4 is 5.32 Å². The third-order valence-electron chi connectivity index (χ3n) is 10.9. The quantitative estimate of drug-likeness (QED) is 0.348. The van der Waals surface area contributed by atoms with Crippen LogP contribution in [0.5, 0.6) is 0 Å². The summed E-state index contributed by atoms with van der Waals surface area (Å²) in [4.78, 5) is 0. The van der Waals surface area contributed by atoms with Crippen LogP contribution in [-0.2, 0) is 10.1 Å². The van der Waals surface area contributed by atoms with Crippen LogP contribution in [0.4, 0.5) is 0 Å². The lowest BCUT2D eigenvalue weighted by Crippen LogP contribution is -2.54. The van der Waals surface area contributed by atoms with E-state index in [0.717, 1.165) is 55.4 Å². The Hall–Kier alpha value is -0.170. The molecule has 0 aromatic heterocycles. The monoisotopic (exact) mass is 469 g/mol. The molecular weight excluding hydrogens is 422 g/mol. The summed E-state index contributed by atoms with van der Waals surface area (Å²) in [5, 5.41) is 13.4. The molecule has 0 radical (unpaired) electrons. The molecule has 4 aliphatic rings. The maximum atomic E-state index is 10.8. The first-order chi connectivity index (χ1) is 15.0. The number of aliphatic hydroxyl groups excluding tert-OH is 1. The maximum absolute atomic E-state index is 10.8. The van der Waals surface area contributed by atoms with Crippen molar-refractivity contribution in [3.05, 3.63) is 0 Å². The normalized spacial score (nSPS) is 45.0. The highest BCUT2D eigenvalue weighted by molar-refractivity contribution is 7.85. The Morgan fingerprint density at radius 2 is 1.69 bits per heavy atom. The molecule has 9 atom stereocenters. The average Bonchev–Trinajstić information content (AvgIpc) is 3.07. The Labute approximate surface area is 196 Å². The molecule has 5 nitrogen and oxygen atoms in total. The van der Waals surface area contributed by atoms with Crippen LogP contribution in [-0.4, -0.2) is 43.0 Å². The third-order valence-corrected chi connectivity index (χ3v) is 11.7. The molecule has 186 valence electrons. The van der Waals surface area contributed by atoms with Crippen LogP contribution in [0.15, 0.2) is 0 Å². The van der Waals surface area contributed by atoms with Crippen molar-refractivity contribution in [1.29, 1.82) is 0 Å². The van der Waals surface area contributed by atoms with Gasteiger partial charge in [-0.2, -0.15) is 8.42 Å². The summed E-state index contributed by atoms with van der Waals surface area (Å²) in [5.74, 6) is 4.70. The lowest BCUT2D eigenvalue weighted by atomic mass is 9.44. The molecule has 6 heteroatoms. The van der Waals surface area contributed by atoms with Gasteiger partial charge in [0.2, 0.25) is 0 Å². The second-order valence-electron chi connectivity index (χ2n) is 12.5. The molecule has 0 aromatic carbocycles. The molecular formula is C26H47NO4S. The van der Waals surface area contributed by atoms with Crippen LogP contribution in [0.3, 0.4) is 0 Å². The standard InChI is InChI=1S/C26H47NO4S/c1-18(5-4-14-27-15-16-32(29,30)31)22-8-9-23-21-7-6-19-17-20(28)10-12-25(19,2)24(21)11-13-26(22,23)3/h18-24,27-28H,4-17H2,1-3H3,(H,29,30,31)/t18-,19-,20-,21+,22-,23+,24+,25+,26-/m1/s1. The summed E-state index contributed by atoms with van der Waals surface area (Å²) in [7, 11) is -3.86. The molecule has 4 saturated carbocycles. The molecule has 0 unspecified atom stereocenters. The van der Waals surface area contributed by atoms with Gasteiger partial charge in [0.25, 0.3) is 10.1 Å². The van der Waals surface area contributed by atoms with Gasteiger partial charge in [-0.15, -0.1) is 0 Å². The lowest BCUT2D eigenvalue weighted by Gasteiger charge is -2.61. The number of hydrogen-bond acceptors (Lipinski definition) is 4. The van der Waals surface area contributed by atoms with Gasteiger partial charge >= 0.3 is 0 Å². The van der Waals surface area contributed by atoms with E-state index in [1.165, 1.54) is 51.4 Å². The minimum absolute atomic E-state index is 0.0577. The van der Waals surface area contributed by atoms with E-state index in [4.69, 9.17) is 4.55 Å². The molecule has 4 fully saturated rings. The van der Waals surface area contributed by atoms with Gasteiger partial charge in [-0.1, -0.05) is 20.8 Å². The molecule has 0 amide bonds. The fourth-order valence-electron chi connectivity index (χ4n) is 9.29. The predicted molar refractivity (Wildman–Crippen MR) is 129 cm³/mol. The molecule has 0 spiro atoms. The zero-order valence-electron chi connectivity index (χ0n) is 20.6. The van der Waals surface area contributed by atoms with Gasteiger partial charge < -0.3 is 10.4 Å². The van der Waals surface area contributed by atoms with Gasteiger partial charge in [-0.25, -0.2) is 0 Å². The van der Waals surface area contributed by atoms with Crippen molar-refractivity contribution in [1.82, 2.24) is 5.32 Å². The second kappa shape index (κ2) is 9.47. The van der Waals surface area contributed by atoms with Crippen molar-refractivity contribution in [2.45, 2.75) is 97.5 Å². The molecule has 0 saturated heterocycles. The zero-order valence-corrected chi connectivity index (χ0v) is 21.4. The highest BCUT2D eigenvalue weighted by Gasteiger charge is 2.60. The minimum atomic E-state index is -3.86. The summed E-state index contributed by atoms with van der Waals surface area (Å²) in [5.41, 5.74) is 0.942. The van der Waals surface area contributed by atoms with E-state index in [0.29, 0.717) is 23.3 Å². The van der Waals surface area contributed by atoms with Crippen LogP contribution in [0.2, 0.25) is 0 Å². The number of fused-ring (bicyclic) bond motifs is 5. The lowest BCUT2D eigenvalue weighted by molar-refractivity contribution is -0.129. The van der Waals surface area contributed by atoms with Crippen LogP contribution in [0.25, 0.3) is 0 Å². The highest BCUT2D eigenvalue weighted by atomic mass is 32.2. The number of hydrogen-bond donors (Lipinski definition) is 3. The Morgan fingerprint density at radius 3 is 2.44 bits per heavy atom. The van der Waals surface area contributed by atoms with Gasteiger partial charge in [0.05, 0.1) is 11.9 Å². The topological polar surface area (TPSA) is 86.6 Å². The van der Waals surface area contributed by atoms with Crippen molar-refractivity contribution in [3.63, 3.8) is 0 Å². The smallest absolute Gasteiger partial charge is 0.266 e. The van der Waals surface area contributed by atoms with Crippen molar-refractivity contribution in [2.24, 2.45) is 46.3 Å². The number of aliphatic hydroxyl groups is 1. The largest absolute Gasteiger partial charge is 0.393 e. The molecule has 0 aliphatic heterocycles. The molecule has 4 aliphatic carbocycles. The maximum Gasteiger partial charge on any atom is 0.266 e. The summed E-state index contributed by atoms with van der Waals surface area (Å²) >= 11 is 0. The first-order valence-electron chi connectivity index (χ1n) is 13.4.